The molecule has 1 aliphatic rings. The first-order valence-corrected chi connectivity index (χ1v) is 8.29. The van der Waals surface area contributed by atoms with Crippen molar-refractivity contribution in [2.45, 2.75) is 12.8 Å². The van der Waals surface area contributed by atoms with Gasteiger partial charge >= 0.3 is 0 Å². The SMILES string of the molecule is Clc1ccc(NCC2CCN(CCc3ccccc3)C2)nc1. The highest BCUT2D eigenvalue weighted by Gasteiger charge is 2.21. The van der Waals surface area contributed by atoms with E-state index in [1.165, 1.54) is 25.1 Å². The van der Waals surface area contributed by atoms with Gasteiger partial charge in [-0.1, -0.05) is 41.9 Å². The highest BCUT2D eigenvalue weighted by molar-refractivity contribution is 6.30. The molecule has 0 bridgehead atoms. The van der Waals surface area contributed by atoms with E-state index >= 15 is 0 Å². The lowest BCUT2D eigenvalue weighted by Crippen LogP contribution is -2.25. The maximum Gasteiger partial charge on any atom is 0.125 e. The second kappa shape index (κ2) is 7.61. The van der Waals surface area contributed by atoms with Gasteiger partial charge in [-0.05, 0) is 43.0 Å². The number of halogens is 1. The average molecular weight is 316 g/mol. The summed E-state index contributed by atoms with van der Waals surface area (Å²) in [5.41, 5.74) is 1.43. The molecular formula is C18H22ClN3. The molecule has 1 atom stereocenters. The molecule has 0 radical (unpaired) electrons. The Kier molecular flexibility index (Phi) is 5.30. The summed E-state index contributed by atoms with van der Waals surface area (Å²) >= 11 is 5.85. The van der Waals surface area contributed by atoms with Gasteiger partial charge in [0.2, 0.25) is 0 Å². The number of anilines is 1. The van der Waals surface area contributed by atoms with Crippen LogP contribution in [0.1, 0.15) is 12.0 Å². The van der Waals surface area contributed by atoms with Gasteiger partial charge in [-0.25, -0.2) is 4.98 Å². The zero-order valence-corrected chi connectivity index (χ0v) is 13.5. The van der Waals surface area contributed by atoms with E-state index in [0.717, 1.165) is 25.3 Å². The molecule has 22 heavy (non-hydrogen) atoms. The van der Waals surface area contributed by atoms with Crippen LogP contribution in [0.3, 0.4) is 0 Å². The van der Waals surface area contributed by atoms with Crippen LogP contribution in [0.15, 0.2) is 48.7 Å². The van der Waals surface area contributed by atoms with Gasteiger partial charge in [0.15, 0.2) is 0 Å². The van der Waals surface area contributed by atoms with Crippen molar-refractivity contribution in [1.29, 1.82) is 0 Å². The minimum Gasteiger partial charge on any atom is -0.370 e. The molecule has 1 aliphatic heterocycles. The monoisotopic (exact) mass is 315 g/mol. The van der Waals surface area contributed by atoms with Crippen molar-refractivity contribution in [3.8, 4) is 0 Å². The Bertz CT molecular complexity index is 571. The second-order valence-electron chi connectivity index (χ2n) is 5.93. The number of aromatic nitrogens is 1. The van der Waals surface area contributed by atoms with E-state index < -0.39 is 0 Å². The molecule has 1 aromatic heterocycles. The fourth-order valence-corrected chi connectivity index (χ4v) is 3.06. The predicted molar refractivity (Wildman–Crippen MR) is 92.4 cm³/mol. The molecule has 3 rings (SSSR count). The Morgan fingerprint density at radius 3 is 2.82 bits per heavy atom. The summed E-state index contributed by atoms with van der Waals surface area (Å²) < 4.78 is 0. The number of rotatable bonds is 6. The molecule has 1 unspecified atom stereocenters. The number of hydrogen-bond donors (Lipinski definition) is 1. The van der Waals surface area contributed by atoms with E-state index in [-0.39, 0.29) is 0 Å². The molecule has 4 heteroatoms. The fraction of sp³-hybridized carbons (Fsp3) is 0.389. The topological polar surface area (TPSA) is 28.2 Å². The summed E-state index contributed by atoms with van der Waals surface area (Å²) in [6.07, 6.45) is 4.08. The maximum atomic E-state index is 5.85. The highest BCUT2D eigenvalue weighted by atomic mass is 35.5. The van der Waals surface area contributed by atoms with Crippen molar-refractivity contribution in [2.24, 2.45) is 5.92 Å². The van der Waals surface area contributed by atoms with Gasteiger partial charge < -0.3 is 10.2 Å². The fourth-order valence-electron chi connectivity index (χ4n) is 2.94. The molecule has 1 fully saturated rings. The van der Waals surface area contributed by atoms with E-state index in [4.69, 9.17) is 11.6 Å². The predicted octanol–water partition coefficient (Wildman–Crippen LogP) is 3.71. The van der Waals surface area contributed by atoms with Crippen LogP contribution in [-0.4, -0.2) is 36.1 Å². The van der Waals surface area contributed by atoms with Crippen LogP contribution in [0, 0.1) is 5.92 Å². The van der Waals surface area contributed by atoms with Gasteiger partial charge in [0.1, 0.15) is 5.82 Å². The summed E-state index contributed by atoms with van der Waals surface area (Å²) in [7, 11) is 0. The lowest BCUT2D eigenvalue weighted by molar-refractivity contribution is 0.330. The minimum absolute atomic E-state index is 0.679. The lowest BCUT2D eigenvalue weighted by Gasteiger charge is -2.16. The quantitative estimate of drug-likeness (QED) is 0.880. The second-order valence-corrected chi connectivity index (χ2v) is 6.37. The Labute approximate surface area is 137 Å². The average Bonchev–Trinajstić information content (AvgIpc) is 3.01. The van der Waals surface area contributed by atoms with Crippen molar-refractivity contribution in [3.05, 3.63) is 59.2 Å². The Hall–Kier alpha value is -1.58. The molecule has 2 heterocycles. The van der Waals surface area contributed by atoms with Gasteiger partial charge in [-0.2, -0.15) is 0 Å². The van der Waals surface area contributed by atoms with Crippen LogP contribution in [0.2, 0.25) is 5.02 Å². The number of hydrogen-bond acceptors (Lipinski definition) is 3. The van der Waals surface area contributed by atoms with Gasteiger partial charge in [0, 0.05) is 25.8 Å². The van der Waals surface area contributed by atoms with Crippen molar-refractivity contribution < 1.29 is 0 Å². The van der Waals surface area contributed by atoms with Crippen LogP contribution in [0.5, 0.6) is 0 Å². The molecule has 3 nitrogen and oxygen atoms in total. The molecule has 0 spiro atoms. The number of pyridine rings is 1. The first-order valence-electron chi connectivity index (χ1n) is 7.91. The van der Waals surface area contributed by atoms with Crippen molar-refractivity contribution in [3.63, 3.8) is 0 Å². The molecule has 1 saturated heterocycles. The summed E-state index contributed by atoms with van der Waals surface area (Å²) in [6, 6.07) is 14.5. The van der Waals surface area contributed by atoms with E-state index in [9.17, 15) is 0 Å². The van der Waals surface area contributed by atoms with Crippen molar-refractivity contribution >= 4 is 17.4 Å². The highest BCUT2D eigenvalue weighted by Crippen LogP contribution is 2.18. The van der Waals surface area contributed by atoms with E-state index in [1.54, 1.807) is 6.20 Å². The summed E-state index contributed by atoms with van der Waals surface area (Å²) in [5, 5.41) is 4.09. The number of likely N-dealkylation sites (tertiary alicyclic amines) is 1. The summed E-state index contributed by atoms with van der Waals surface area (Å²) in [6.45, 7) is 4.51. The van der Waals surface area contributed by atoms with Gasteiger partial charge in [0.25, 0.3) is 0 Å². The van der Waals surface area contributed by atoms with E-state index in [2.05, 4.69) is 45.5 Å². The lowest BCUT2D eigenvalue weighted by atomic mass is 10.1. The Balaban J connectivity index is 1.39. The van der Waals surface area contributed by atoms with Gasteiger partial charge in [-0.15, -0.1) is 0 Å². The van der Waals surface area contributed by atoms with Crippen LogP contribution in [0.25, 0.3) is 0 Å². The van der Waals surface area contributed by atoms with E-state index in [0.29, 0.717) is 10.9 Å². The normalized spacial score (nSPS) is 18.5. The third-order valence-corrected chi connectivity index (χ3v) is 4.45. The molecule has 1 aromatic carbocycles. The molecule has 0 aliphatic carbocycles. The molecule has 2 aromatic rings. The molecule has 116 valence electrons. The summed E-state index contributed by atoms with van der Waals surface area (Å²) in [4.78, 5) is 6.84. The Morgan fingerprint density at radius 1 is 1.18 bits per heavy atom. The largest absolute Gasteiger partial charge is 0.370 e. The standard InChI is InChI=1S/C18H22ClN3/c19-17-6-7-18(21-13-17)20-12-16-9-11-22(14-16)10-8-15-4-2-1-3-5-15/h1-7,13,16H,8-12,14H2,(H,20,21). The summed E-state index contributed by atoms with van der Waals surface area (Å²) in [5.74, 6) is 1.61. The van der Waals surface area contributed by atoms with Crippen molar-refractivity contribution in [2.75, 3.05) is 31.5 Å². The zero-order valence-electron chi connectivity index (χ0n) is 12.7. The van der Waals surface area contributed by atoms with Crippen LogP contribution < -0.4 is 5.32 Å². The van der Waals surface area contributed by atoms with Crippen LogP contribution in [-0.2, 0) is 6.42 Å². The Morgan fingerprint density at radius 2 is 2.05 bits per heavy atom. The molecular weight excluding hydrogens is 294 g/mol. The first kappa shape index (κ1) is 15.3. The number of nitrogens with zero attached hydrogens (tertiary/aromatic N) is 2. The van der Waals surface area contributed by atoms with Crippen LogP contribution in [0.4, 0.5) is 5.82 Å². The molecule has 1 N–H and O–H groups in total. The van der Waals surface area contributed by atoms with Crippen LogP contribution >= 0.6 is 11.6 Å². The molecule has 0 saturated carbocycles. The zero-order chi connectivity index (χ0) is 15.2. The number of benzene rings is 1. The van der Waals surface area contributed by atoms with Gasteiger partial charge in [0.05, 0.1) is 5.02 Å². The molecule has 0 amide bonds. The third kappa shape index (κ3) is 4.46. The van der Waals surface area contributed by atoms with Crippen molar-refractivity contribution in [1.82, 2.24) is 9.88 Å². The van der Waals surface area contributed by atoms with Gasteiger partial charge in [-0.3, -0.25) is 0 Å². The maximum absolute atomic E-state index is 5.85. The number of nitrogens with one attached hydrogen (secondary N) is 1. The smallest absolute Gasteiger partial charge is 0.125 e. The first-order chi connectivity index (χ1) is 10.8. The minimum atomic E-state index is 0.679. The van der Waals surface area contributed by atoms with E-state index in [1.807, 2.05) is 12.1 Å². The third-order valence-electron chi connectivity index (χ3n) is 4.23.